The van der Waals surface area contributed by atoms with Gasteiger partial charge in [0.1, 0.15) is 18.7 Å². The number of aliphatic carboxylic acids is 1. The van der Waals surface area contributed by atoms with Gasteiger partial charge in [-0.3, -0.25) is 9.59 Å². The maximum atomic E-state index is 12.2. The van der Waals surface area contributed by atoms with Crippen LogP contribution >= 0.6 is 0 Å². The Morgan fingerprint density at radius 2 is 1.75 bits per heavy atom. The Balaban J connectivity index is 2.63. The van der Waals surface area contributed by atoms with Crippen molar-refractivity contribution in [1.29, 1.82) is 0 Å². The lowest BCUT2D eigenvalue weighted by Gasteiger charge is -2.24. The molecule has 24 heavy (non-hydrogen) atoms. The fraction of sp³-hybridized carbons (Fsp3) is 0.471. The fourth-order valence-corrected chi connectivity index (χ4v) is 1.96. The molecule has 132 valence electrons. The van der Waals surface area contributed by atoms with E-state index in [4.69, 9.17) is 9.84 Å². The topological polar surface area (TPSA) is 105 Å². The minimum absolute atomic E-state index is 0.0903. The highest BCUT2D eigenvalue weighted by molar-refractivity contribution is 5.89. The lowest BCUT2D eigenvalue weighted by atomic mass is 9.98. The van der Waals surface area contributed by atoms with Crippen molar-refractivity contribution in [1.82, 2.24) is 10.6 Å². The van der Waals surface area contributed by atoms with Gasteiger partial charge < -0.3 is 20.5 Å². The standard InChI is InChI=1S/C17H24N2O5/c1-4-11(2)14(15(20)18-12(3)16(21)22)19-17(23)24-10-13-8-6-5-7-9-13/h5-9,11-12,14H,4,10H2,1-3H3,(H,18,20)(H,19,23)(H,21,22)/t11-,12+,14-/m0/s1. The molecular formula is C17H24N2O5. The average molecular weight is 336 g/mol. The van der Waals surface area contributed by atoms with E-state index in [1.807, 2.05) is 37.3 Å². The molecular weight excluding hydrogens is 312 g/mol. The Bertz CT molecular complexity index is 561. The van der Waals surface area contributed by atoms with Crippen LogP contribution in [0.1, 0.15) is 32.8 Å². The second kappa shape index (κ2) is 9.54. The van der Waals surface area contributed by atoms with Crippen LogP contribution in [0.3, 0.4) is 0 Å². The molecule has 1 aromatic carbocycles. The highest BCUT2D eigenvalue weighted by atomic mass is 16.5. The number of carbonyl (C=O) groups is 3. The van der Waals surface area contributed by atoms with Gasteiger partial charge in [0, 0.05) is 0 Å². The van der Waals surface area contributed by atoms with Crippen molar-refractivity contribution in [2.24, 2.45) is 5.92 Å². The molecule has 0 aromatic heterocycles. The van der Waals surface area contributed by atoms with Gasteiger partial charge in [0.05, 0.1) is 0 Å². The van der Waals surface area contributed by atoms with Crippen LogP contribution in [0.15, 0.2) is 30.3 Å². The molecule has 0 aliphatic rings. The number of benzene rings is 1. The number of rotatable bonds is 8. The molecule has 0 fully saturated rings. The predicted octanol–water partition coefficient (Wildman–Crippen LogP) is 1.92. The summed E-state index contributed by atoms with van der Waals surface area (Å²) in [5.41, 5.74) is 0.830. The summed E-state index contributed by atoms with van der Waals surface area (Å²) in [5.74, 6) is -1.86. The Morgan fingerprint density at radius 3 is 2.29 bits per heavy atom. The number of nitrogens with one attached hydrogen (secondary N) is 2. The van der Waals surface area contributed by atoms with E-state index in [9.17, 15) is 14.4 Å². The summed E-state index contributed by atoms with van der Waals surface area (Å²) in [4.78, 5) is 35.0. The molecule has 0 saturated carbocycles. The van der Waals surface area contributed by atoms with Crippen molar-refractivity contribution in [2.75, 3.05) is 0 Å². The zero-order chi connectivity index (χ0) is 18.1. The lowest BCUT2D eigenvalue weighted by Crippen LogP contribution is -2.53. The summed E-state index contributed by atoms with van der Waals surface area (Å²) in [5, 5.41) is 13.8. The molecule has 3 atom stereocenters. The van der Waals surface area contributed by atoms with Crippen LogP contribution < -0.4 is 10.6 Å². The van der Waals surface area contributed by atoms with Crippen LogP contribution in [-0.4, -0.2) is 35.2 Å². The number of hydrogen-bond acceptors (Lipinski definition) is 4. The SMILES string of the molecule is CC[C@H](C)[C@H](NC(=O)OCc1ccccc1)C(=O)N[C@H](C)C(=O)O. The quantitative estimate of drug-likeness (QED) is 0.673. The molecule has 0 radical (unpaired) electrons. The third-order valence-corrected chi connectivity index (χ3v) is 3.71. The lowest BCUT2D eigenvalue weighted by molar-refractivity contribution is -0.141. The average Bonchev–Trinajstić information content (AvgIpc) is 2.57. The first-order chi connectivity index (χ1) is 11.3. The summed E-state index contributed by atoms with van der Waals surface area (Å²) in [7, 11) is 0. The largest absolute Gasteiger partial charge is 0.480 e. The second-order valence-corrected chi connectivity index (χ2v) is 5.64. The molecule has 0 heterocycles. The molecule has 0 saturated heterocycles. The van der Waals surface area contributed by atoms with Gasteiger partial charge in [0.15, 0.2) is 0 Å². The number of hydrogen-bond donors (Lipinski definition) is 3. The molecule has 7 heteroatoms. The zero-order valence-electron chi connectivity index (χ0n) is 14.1. The molecule has 7 nitrogen and oxygen atoms in total. The van der Waals surface area contributed by atoms with Crippen LogP contribution in [0.4, 0.5) is 4.79 Å². The van der Waals surface area contributed by atoms with Crippen LogP contribution in [0.2, 0.25) is 0 Å². The van der Waals surface area contributed by atoms with Gasteiger partial charge in [-0.15, -0.1) is 0 Å². The van der Waals surface area contributed by atoms with E-state index in [1.165, 1.54) is 6.92 Å². The van der Waals surface area contributed by atoms with E-state index in [2.05, 4.69) is 10.6 Å². The molecule has 3 N–H and O–H groups in total. The number of carboxylic acids is 1. The summed E-state index contributed by atoms with van der Waals surface area (Å²) in [6.45, 7) is 5.13. The number of carbonyl (C=O) groups excluding carboxylic acids is 2. The van der Waals surface area contributed by atoms with E-state index >= 15 is 0 Å². The summed E-state index contributed by atoms with van der Waals surface area (Å²) in [6.07, 6.45) is -0.0827. The van der Waals surface area contributed by atoms with Gasteiger partial charge in [0.2, 0.25) is 5.91 Å². The molecule has 1 aromatic rings. The normalized spacial score (nSPS) is 14.1. The number of alkyl carbamates (subject to hydrolysis) is 1. The first kappa shape index (κ1) is 19.5. The molecule has 0 spiro atoms. The monoisotopic (exact) mass is 336 g/mol. The highest BCUT2D eigenvalue weighted by Gasteiger charge is 2.28. The van der Waals surface area contributed by atoms with E-state index < -0.39 is 30.1 Å². The van der Waals surface area contributed by atoms with E-state index in [0.29, 0.717) is 6.42 Å². The number of amides is 2. The third kappa shape index (κ3) is 6.28. The van der Waals surface area contributed by atoms with Gasteiger partial charge in [-0.1, -0.05) is 50.6 Å². The Morgan fingerprint density at radius 1 is 1.12 bits per heavy atom. The summed E-state index contributed by atoms with van der Waals surface area (Å²) >= 11 is 0. The van der Waals surface area contributed by atoms with Crippen molar-refractivity contribution in [2.45, 2.75) is 45.9 Å². The Kier molecular flexibility index (Phi) is 7.74. The van der Waals surface area contributed by atoms with Crippen LogP contribution in [-0.2, 0) is 20.9 Å². The molecule has 1 rings (SSSR count). The smallest absolute Gasteiger partial charge is 0.408 e. The molecule has 0 unspecified atom stereocenters. The minimum atomic E-state index is -1.14. The minimum Gasteiger partial charge on any atom is -0.480 e. The first-order valence-corrected chi connectivity index (χ1v) is 7.85. The molecule has 0 aliphatic heterocycles. The Hall–Kier alpha value is -2.57. The first-order valence-electron chi connectivity index (χ1n) is 7.85. The van der Waals surface area contributed by atoms with Crippen LogP contribution in [0, 0.1) is 5.92 Å². The van der Waals surface area contributed by atoms with Crippen molar-refractivity contribution in [3.05, 3.63) is 35.9 Å². The highest BCUT2D eigenvalue weighted by Crippen LogP contribution is 2.09. The maximum Gasteiger partial charge on any atom is 0.408 e. The van der Waals surface area contributed by atoms with Gasteiger partial charge in [-0.05, 0) is 18.4 Å². The number of ether oxygens (including phenoxy) is 1. The Labute approximate surface area is 141 Å². The molecule has 0 bridgehead atoms. The van der Waals surface area contributed by atoms with Gasteiger partial charge in [0.25, 0.3) is 0 Å². The predicted molar refractivity (Wildman–Crippen MR) is 88.2 cm³/mol. The van der Waals surface area contributed by atoms with Crippen LogP contribution in [0.5, 0.6) is 0 Å². The summed E-state index contributed by atoms with van der Waals surface area (Å²) < 4.78 is 5.11. The van der Waals surface area contributed by atoms with E-state index in [1.54, 1.807) is 6.92 Å². The zero-order valence-corrected chi connectivity index (χ0v) is 14.1. The van der Waals surface area contributed by atoms with Crippen molar-refractivity contribution in [3.8, 4) is 0 Å². The maximum absolute atomic E-state index is 12.2. The molecule has 2 amide bonds. The second-order valence-electron chi connectivity index (χ2n) is 5.64. The van der Waals surface area contributed by atoms with Crippen molar-refractivity contribution in [3.63, 3.8) is 0 Å². The van der Waals surface area contributed by atoms with Crippen molar-refractivity contribution >= 4 is 18.0 Å². The van der Waals surface area contributed by atoms with Crippen LogP contribution in [0.25, 0.3) is 0 Å². The fourth-order valence-electron chi connectivity index (χ4n) is 1.96. The summed E-state index contributed by atoms with van der Waals surface area (Å²) in [6, 6.07) is 7.27. The van der Waals surface area contributed by atoms with E-state index in [-0.39, 0.29) is 12.5 Å². The van der Waals surface area contributed by atoms with Gasteiger partial charge in [-0.2, -0.15) is 0 Å². The van der Waals surface area contributed by atoms with Gasteiger partial charge >= 0.3 is 12.1 Å². The van der Waals surface area contributed by atoms with E-state index in [0.717, 1.165) is 5.56 Å². The third-order valence-electron chi connectivity index (χ3n) is 3.71. The number of carboxylic acid groups (broad SMARTS) is 1. The van der Waals surface area contributed by atoms with Gasteiger partial charge in [-0.25, -0.2) is 4.79 Å². The van der Waals surface area contributed by atoms with Crippen molar-refractivity contribution < 1.29 is 24.2 Å². The molecule has 0 aliphatic carbocycles.